The van der Waals surface area contributed by atoms with Crippen LogP contribution in [0.1, 0.15) is 63.5 Å². The Kier molecular flexibility index (Phi) is 9.47. The molecule has 0 spiro atoms. The number of fused-ring (bicyclic) bond motifs is 1. The molecule has 1 saturated heterocycles. The molecule has 2 aliphatic heterocycles. The number of methoxy groups -OCH3 is 1. The maximum Gasteiger partial charge on any atom is 0.260 e. The molecule has 5 heterocycles. The van der Waals surface area contributed by atoms with E-state index in [9.17, 15) is 9.59 Å². The Morgan fingerprint density at radius 1 is 1.16 bits per heavy atom. The summed E-state index contributed by atoms with van der Waals surface area (Å²) in [5.41, 5.74) is 11.6. The monoisotopic (exact) mass is 635 g/mol. The molecule has 0 unspecified atom stereocenters. The quantitative estimate of drug-likeness (QED) is 0.237. The maximum atomic E-state index is 14.0. The van der Waals surface area contributed by atoms with Crippen LogP contribution in [0.2, 0.25) is 5.15 Å². The van der Waals surface area contributed by atoms with Crippen LogP contribution in [0.4, 0.5) is 11.8 Å². The van der Waals surface area contributed by atoms with Gasteiger partial charge in [-0.15, -0.1) is 0 Å². The molecular formula is C32H42ClN9O3. The van der Waals surface area contributed by atoms with Gasteiger partial charge in [-0.2, -0.15) is 4.98 Å². The molecule has 240 valence electrons. The van der Waals surface area contributed by atoms with Gasteiger partial charge < -0.3 is 20.8 Å². The molecule has 13 heteroatoms. The molecule has 5 rings (SSSR count). The second kappa shape index (κ2) is 13.2. The Bertz CT molecular complexity index is 1660. The number of carbonyl (C=O) groups is 2. The van der Waals surface area contributed by atoms with Crippen LogP contribution in [0.3, 0.4) is 0 Å². The van der Waals surface area contributed by atoms with Gasteiger partial charge in [-0.25, -0.2) is 4.98 Å². The fourth-order valence-electron chi connectivity index (χ4n) is 6.20. The Balaban J connectivity index is 1.38. The molecule has 2 amide bonds. The molecule has 2 aliphatic rings. The Hall–Kier alpha value is -4.00. The molecular weight excluding hydrogens is 594 g/mol. The van der Waals surface area contributed by atoms with Gasteiger partial charge >= 0.3 is 0 Å². The minimum Gasteiger partial charge on any atom is -0.496 e. The van der Waals surface area contributed by atoms with E-state index >= 15 is 0 Å². The molecule has 0 bridgehead atoms. The third kappa shape index (κ3) is 6.40. The van der Waals surface area contributed by atoms with E-state index in [1.165, 1.54) is 4.90 Å². The number of H-pyrrole nitrogens is 1. The number of nitrogen functional groups attached to an aromatic ring is 1. The average Bonchev–Trinajstić information content (AvgIpc) is 3.41. The van der Waals surface area contributed by atoms with Gasteiger partial charge in [0.15, 0.2) is 5.82 Å². The largest absolute Gasteiger partial charge is 0.496 e. The van der Waals surface area contributed by atoms with Crippen molar-refractivity contribution in [2.24, 2.45) is 0 Å². The molecule has 0 saturated carbocycles. The number of pyridine rings is 1. The first-order valence-corrected chi connectivity index (χ1v) is 15.6. The van der Waals surface area contributed by atoms with Crippen molar-refractivity contribution in [1.29, 1.82) is 0 Å². The van der Waals surface area contributed by atoms with Crippen molar-refractivity contribution in [2.45, 2.75) is 54.1 Å². The summed E-state index contributed by atoms with van der Waals surface area (Å²) in [4.78, 5) is 50.0. The van der Waals surface area contributed by atoms with E-state index in [2.05, 4.69) is 48.9 Å². The number of hydrogen-bond donors (Lipinski definition) is 3. The van der Waals surface area contributed by atoms with E-state index in [4.69, 9.17) is 22.1 Å². The summed E-state index contributed by atoms with van der Waals surface area (Å²) >= 11 is 6.57. The van der Waals surface area contributed by atoms with Gasteiger partial charge in [-0.1, -0.05) is 11.6 Å². The number of hydrogen-bond acceptors (Lipinski definition) is 9. The molecule has 0 atom stereocenters. The van der Waals surface area contributed by atoms with E-state index < -0.39 is 0 Å². The molecule has 4 N–H and O–H groups in total. The highest BCUT2D eigenvalue weighted by atomic mass is 35.5. The molecule has 0 radical (unpaired) electrons. The molecule has 45 heavy (non-hydrogen) atoms. The second-order valence-corrected chi connectivity index (χ2v) is 12.3. The number of nitrogens with one attached hydrogen (secondary N) is 2. The molecule has 3 aromatic rings. The van der Waals surface area contributed by atoms with Crippen LogP contribution in [0, 0.1) is 27.7 Å². The van der Waals surface area contributed by atoms with Gasteiger partial charge in [0.2, 0.25) is 5.95 Å². The summed E-state index contributed by atoms with van der Waals surface area (Å²) < 4.78 is 5.57. The van der Waals surface area contributed by atoms with E-state index in [0.29, 0.717) is 57.9 Å². The highest BCUT2D eigenvalue weighted by Crippen LogP contribution is 2.42. The van der Waals surface area contributed by atoms with Crippen molar-refractivity contribution in [3.8, 4) is 5.75 Å². The first kappa shape index (κ1) is 32.4. The number of piperazine rings is 1. The zero-order valence-corrected chi connectivity index (χ0v) is 27.8. The van der Waals surface area contributed by atoms with Crippen LogP contribution in [0.25, 0.3) is 11.6 Å². The van der Waals surface area contributed by atoms with Crippen LogP contribution >= 0.6 is 11.6 Å². The number of anilines is 2. The van der Waals surface area contributed by atoms with Gasteiger partial charge in [0.1, 0.15) is 10.9 Å². The number of nitrogens with two attached hydrogens (primary N) is 1. The van der Waals surface area contributed by atoms with E-state index in [1.54, 1.807) is 19.4 Å². The van der Waals surface area contributed by atoms with Crippen molar-refractivity contribution >= 4 is 46.8 Å². The number of amides is 2. The topological polar surface area (TPSA) is 146 Å². The minimum atomic E-state index is -0.331. The fourth-order valence-corrected chi connectivity index (χ4v) is 6.47. The first-order valence-electron chi connectivity index (χ1n) is 15.2. The highest BCUT2D eigenvalue weighted by molar-refractivity contribution is 6.41. The summed E-state index contributed by atoms with van der Waals surface area (Å²) in [7, 11) is 1.61. The predicted octanol–water partition coefficient (Wildman–Crippen LogP) is 3.52. The lowest BCUT2D eigenvalue weighted by Gasteiger charge is -2.36. The normalized spacial score (nSPS) is 16.6. The van der Waals surface area contributed by atoms with Gasteiger partial charge in [-0.05, 0) is 53.2 Å². The first-order chi connectivity index (χ1) is 21.4. The number of aromatic nitrogens is 4. The average molecular weight is 636 g/mol. The summed E-state index contributed by atoms with van der Waals surface area (Å²) in [5, 5.41) is 3.15. The van der Waals surface area contributed by atoms with Crippen LogP contribution < -0.4 is 20.7 Å². The van der Waals surface area contributed by atoms with Crippen molar-refractivity contribution < 1.29 is 14.3 Å². The third-order valence-corrected chi connectivity index (χ3v) is 9.04. The van der Waals surface area contributed by atoms with Crippen LogP contribution in [0.15, 0.2) is 6.20 Å². The second-order valence-electron chi connectivity index (χ2n) is 12.0. The Labute approximate surface area is 269 Å². The van der Waals surface area contributed by atoms with Gasteiger partial charge in [-0.3, -0.25) is 29.3 Å². The van der Waals surface area contributed by atoms with Gasteiger partial charge in [0.05, 0.1) is 36.0 Å². The van der Waals surface area contributed by atoms with E-state index in [1.807, 2.05) is 27.7 Å². The maximum absolute atomic E-state index is 14.0. The summed E-state index contributed by atoms with van der Waals surface area (Å²) in [6.45, 7) is 17.5. The lowest BCUT2D eigenvalue weighted by atomic mass is 10.1. The number of rotatable bonds is 9. The SMILES string of the molecule is COc1c(C)cnc(CN2C(=O)/C(=C/c3[nH]c(C)c(C(=O)NCCN4CCN(C(C)C)CC4)c3C)c3c(Cl)nc(N)nc32)c1C. The van der Waals surface area contributed by atoms with Gasteiger partial charge in [0.25, 0.3) is 11.8 Å². The number of halogens is 1. The molecule has 0 aromatic carbocycles. The minimum absolute atomic E-state index is 0.0448. The van der Waals surface area contributed by atoms with Crippen molar-refractivity contribution in [3.05, 3.63) is 56.2 Å². The zero-order valence-electron chi connectivity index (χ0n) is 27.0. The lowest BCUT2D eigenvalue weighted by Crippen LogP contribution is -2.50. The molecule has 0 aliphatic carbocycles. The number of ether oxygens (including phenoxy) is 1. The smallest absolute Gasteiger partial charge is 0.260 e. The zero-order chi connectivity index (χ0) is 32.6. The fraction of sp³-hybridized carbons (Fsp3) is 0.469. The van der Waals surface area contributed by atoms with Gasteiger partial charge in [0, 0.05) is 74.0 Å². The lowest BCUT2D eigenvalue weighted by molar-refractivity contribution is -0.113. The summed E-state index contributed by atoms with van der Waals surface area (Å²) in [6.07, 6.45) is 3.42. The number of aryl methyl sites for hydroxylation is 2. The molecule has 1 fully saturated rings. The number of carbonyl (C=O) groups excluding carboxylic acids is 2. The summed E-state index contributed by atoms with van der Waals surface area (Å²) in [6, 6.07) is 0.548. The predicted molar refractivity (Wildman–Crippen MR) is 177 cm³/mol. The van der Waals surface area contributed by atoms with Crippen molar-refractivity contribution in [1.82, 2.24) is 35.1 Å². The Morgan fingerprint density at radius 3 is 2.53 bits per heavy atom. The Morgan fingerprint density at radius 2 is 1.87 bits per heavy atom. The van der Waals surface area contributed by atoms with Crippen molar-refractivity contribution in [2.75, 3.05) is 57.0 Å². The van der Waals surface area contributed by atoms with E-state index in [-0.39, 0.29) is 29.5 Å². The molecule has 3 aromatic heterocycles. The number of nitrogens with zero attached hydrogens (tertiary/aromatic N) is 6. The van der Waals surface area contributed by atoms with Crippen LogP contribution in [-0.4, -0.2) is 94.0 Å². The number of aromatic amines is 1. The summed E-state index contributed by atoms with van der Waals surface area (Å²) in [5.74, 6) is 0.479. The highest BCUT2D eigenvalue weighted by Gasteiger charge is 2.38. The van der Waals surface area contributed by atoms with Crippen LogP contribution in [-0.2, 0) is 11.3 Å². The van der Waals surface area contributed by atoms with E-state index in [0.717, 1.165) is 49.4 Å². The van der Waals surface area contributed by atoms with Crippen LogP contribution in [0.5, 0.6) is 5.75 Å². The third-order valence-electron chi connectivity index (χ3n) is 8.76. The standard InChI is InChI=1S/C32H42ClN9O3/c1-17(2)41-12-10-40(11-13-41)9-8-35-30(43)25-19(4)23(37-21(25)6)14-22-26-28(33)38-32(34)39-29(26)42(31(22)44)16-24-20(5)27(45-7)18(3)15-36-24/h14-15,17,37H,8-13,16H2,1-7H3,(H,35,43)(H2,34,38,39)/b22-14+. The molecule has 12 nitrogen and oxygen atoms in total. The van der Waals surface area contributed by atoms with Crippen molar-refractivity contribution in [3.63, 3.8) is 0 Å².